The van der Waals surface area contributed by atoms with E-state index in [1.807, 2.05) is 0 Å². The van der Waals surface area contributed by atoms with Gasteiger partial charge >= 0.3 is 0 Å². The number of rotatable bonds is 8. The molecule has 2 rings (SSSR count). The van der Waals surface area contributed by atoms with Gasteiger partial charge in [-0.05, 0) is 46.1 Å². The normalized spacial score (nSPS) is 32.2. The minimum Gasteiger partial charge on any atom is -0.311 e. The summed E-state index contributed by atoms with van der Waals surface area (Å²) >= 11 is 0. The molecule has 0 radical (unpaired) electrons. The van der Waals surface area contributed by atoms with Crippen molar-refractivity contribution in [3.05, 3.63) is 0 Å². The van der Waals surface area contributed by atoms with Gasteiger partial charge in [0.2, 0.25) is 0 Å². The second-order valence-corrected chi connectivity index (χ2v) is 7.34. The van der Waals surface area contributed by atoms with E-state index in [1.165, 1.54) is 70.6 Å². The maximum absolute atomic E-state index is 3.93. The second-order valence-electron chi connectivity index (χ2n) is 7.34. The van der Waals surface area contributed by atoms with Crippen LogP contribution in [-0.2, 0) is 0 Å². The van der Waals surface area contributed by atoms with Gasteiger partial charge < -0.3 is 10.2 Å². The molecular formula is C18H36N2. The van der Waals surface area contributed by atoms with E-state index >= 15 is 0 Å². The smallest absolute Gasteiger partial charge is 0.0110 e. The van der Waals surface area contributed by atoms with Crippen LogP contribution in [0.1, 0.15) is 84.5 Å². The zero-order valence-corrected chi connectivity index (χ0v) is 14.0. The Bertz CT molecular complexity index is 252. The summed E-state index contributed by atoms with van der Waals surface area (Å²) in [5.74, 6) is 0. The Morgan fingerprint density at radius 3 is 2.35 bits per heavy atom. The third-order valence-electron chi connectivity index (χ3n) is 5.60. The summed E-state index contributed by atoms with van der Waals surface area (Å²) < 4.78 is 0. The van der Waals surface area contributed by atoms with E-state index in [1.54, 1.807) is 0 Å². The molecule has 2 saturated heterocycles. The lowest BCUT2D eigenvalue weighted by atomic mass is 9.82. The van der Waals surface area contributed by atoms with Gasteiger partial charge in [0.1, 0.15) is 0 Å². The second kappa shape index (κ2) is 8.38. The molecule has 3 unspecified atom stereocenters. The molecule has 2 heteroatoms. The highest BCUT2D eigenvalue weighted by Crippen LogP contribution is 2.32. The van der Waals surface area contributed by atoms with Crippen molar-refractivity contribution in [1.29, 1.82) is 0 Å². The Morgan fingerprint density at radius 2 is 1.70 bits per heavy atom. The minimum absolute atomic E-state index is 0.714. The number of fused-ring (bicyclic) bond motifs is 2. The van der Waals surface area contributed by atoms with Gasteiger partial charge in [0.25, 0.3) is 0 Å². The van der Waals surface area contributed by atoms with Crippen LogP contribution >= 0.6 is 0 Å². The van der Waals surface area contributed by atoms with Crippen LogP contribution in [0, 0.1) is 0 Å². The zero-order chi connectivity index (χ0) is 14.4. The van der Waals surface area contributed by atoms with E-state index in [4.69, 9.17) is 0 Å². The van der Waals surface area contributed by atoms with Gasteiger partial charge in [0, 0.05) is 24.2 Å². The molecule has 3 atom stereocenters. The van der Waals surface area contributed by atoms with E-state index in [2.05, 4.69) is 31.1 Å². The Kier molecular flexibility index (Phi) is 6.83. The summed E-state index contributed by atoms with van der Waals surface area (Å²) in [6.45, 7) is 4.69. The highest BCUT2D eigenvalue weighted by molar-refractivity contribution is 4.94. The van der Waals surface area contributed by atoms with Crippen molar-refractivity contribution in [3.63, 3.8) is 0 Å². The average molecular weight is 280 g/mol. The number of unbranched alkanes of at least 4 members (excludes halogenated alkanes) is 4. The van der Waals surface area contributed by atoms with Crippen LogP contribution in [0.25, 0.3) is 0 Å². The molecule has 0 spiro atoms. The standard InChI is InChI=1S/C18H36N2/c1-4-5-6-7-8-10-15(2)19-16-13-17-11-9-12-18(14-16)20(17)3/h15-19H,4-14H2,1-3H3. The summed E-state index contributed by atoms with van der Waals surface area (Å²) in [6, 6.07) is 3.21. The summed E-state index contributed by atoms with van der Waals surface area (Å²) in [6.07, 6.45) is 15.5. The lowest BCUT2D eigenvalue weighted by Crippen LogP contribution is -2.55. The molecule has 2 bridgehead atoms. The molecule has 2 nitrogen and oxygen atoms in total. The summed E-state index contributed by atoms with van der Waals surface area (Å²) in [5.41, 5.74) is 0. The van der Waals surface area contributed by atoms with Crippen molar-refractivity contribution in [3.8, 4) is 0 Å². The van der Waals surface area contributed by atoms with Crippen LogP contribution < -0.4 is 5.32 Å². The summed E-state index contributed by atoms with van der Waals surface area (Å²) in [7, 11) is 2.35. The number of nitrogens with zero attached hydrogens (tertiary/aromatic N) is 1. The van der Waals surface area contributed by atoms with E-state index in [0.29, 0.717) is 6.04 Å². The number of hydrogen-bond donors (Lipinski definition) is 1. The Labute approximate surface area is 126 Å². The summed E-state index contributed by atoms with van der Waals surface area (Å²) in [5, 5.41) is 3.93. The monoisotopic (exact) mass is 280 g/mol. The average Bonchev–Trinajstić information content (AvgIpc) is 2.40. The van der Waals surface area contributed by atoms with Crippen LogP contribution in [0.5, 0.6) is 0 Å². The van der Waals surface area contributed by atoms with E-state index in [0.717, 1.165) is 18.1 Å². The molecule has 0 aromatic carbocycles. The first-order chi connectivity index (χ1) is 9.70. The molecule has 0 amide bonds. The molecule has 1 N–H and O–H groups in total. The number of hydrogen-bond acceptors (Lipinski definition) is 2. The topological polar surface area (TPSA) is 15.3 Å². The quantitative estimate of drug-likeness (QED) is 0.665. The molecule has 0 saturated carbocycles. The van der Waals surface area contributed by atoms with Crippen LogP contribution in [0.2, 0.25) is 0 Å². The van der Waals surface area contributed by atoms with Crippen molar-refractivity contribution >= 4 is 0 Å². The first kappa shape index (κ1) is 16.3. The van der Waals surface area contributed by atoms with Gasteiger partial charge in [-0.25, -0.2) is 0 Å². The van der Waals surface area contributed by atoms with Crippen LogP contribution in [0.4, 0.5) is 0 Å². The van der Waals surface area contributed by atoms with Gasteiger partial charge in [-0.15, -0.1) is 0 Å². The van der Waals surface area contributed by atoms with Crippen molar-refractivity contribution in [2.75, 3.05) is 7.05 Å². The first-order valence-electron chi connectivity index (χ1n) is 9.18. The van der Waals surface area contributed by atoms with Crippen molar-refractivity contribution in [1.82, 2.24) is 10.2 Å². The molecule has 118 valence electrons. The Hall–Kier alpha value is -0.0800. The third kappa shape index (κ3) is 4.73. The molecule has 0 aliphatic carbocycles. The summed E-state index contributed by atoms with van der Waals surface area (Å²) in [4.78, 5) is 2.66. The molecule has 20 heavy (non-hydrogen) atoms. The van der Waals surface area contributed by atoms with Crippen molar-refractivity contribution in [2.24, 2.45) is 0 Å². The fourth-order valence-corrected chi connectivity index (χ4v) is 4.29. The minimum atomic E-state index is 0.714. The molecule has 2 fully saturated rings. The highest BCUT2D eigenvalue weighted by atomic mass is 15.2. The van der Waals surface area contributed by atoms with Crippen LogP contribution in [0.15, 0.2) is 0 Å². The molecule has 2 aliphatic heterocycles. The van der Waals surface area contributed by atoms with Crippen molar-refractivity contribution < 1.29 is 0 Å². The fourth-order valence-electron chi connectivity index (χ4n) is 4.29. The molecule has 0 aromatic heterocycles. The molecule has 2 aliphatic rings. The van der Waals surface area contributed by atoms with Crippen LogP contribution in [-0.4, -0.2) is 36.1 Å². The van der Waals surface area contributed by atoms with Gasteiger partial charge in [-0.1, -0.05) is 45.4 Å². The van der Waals surface area contributed by atoms with Gasteiger partial charge in [0.15, 0.2) is 0 Å². The van der Waals surface area contributed by atoms with Gasteiger partial charge in [-0.3, -0.25) is 0 Å². The molecular weight excluding hydrogens is 244 g/mol. The fraction of sp³-hybridized carbons (Fsp3) is 1.00. The Morgan fingerprint density at radius 1 is 1.05 bits per heavy atom. The molecule has 2 heterocycles. The lowest BCUT2D eigenvalue weighted by molar-refractivity contribution is 0.0460. The predicted molar refractivity (Wildman–Crippen MR) is 88.2 cm³/mol. The maximum Gasteiger partial charge on any atom is 0.0110 e. The van der Waals surface area contributed by atoms with E-state index < -0.39 is 0 Å². The van der Waals surface area contributed by atoms with E-state index in [-0.39, 0.29) is 0 Å². The number of piperidine rings is 2. The maximum atomic E-state index is 3.93. The third-order valence-corrected chi connectivity index (χ3v) is 5.60. The first-order valence-corrected chi connectivity index (χ1v) is 9.18. The number of nitrogens with one attached hydrogen (secondary N) is 1. The SMILES string of the molecule is CCCCCCCC(C)NC1CC2CCCC(C1)N2C. The highest BCUT2D eigenvalue weighted by Gasteiger charge is 2.35. The molecule has 0 aromatic rings. The predicted octanol–water partition coefficient (Wildman–Crippen LogP) is 4.34. The zero-order valence-electron chi connectivity index (χ0n) is 14.0. The van der Waals surface area contributed by atoms with E-state index in [9.17, 15) is 0 Å². The lowest BCUT2D eigenvalue weighted by Gasteiger charge is -2.47. The van der Waals surface area contributed by atoms with Crippen LogP contribution in [0.3, 0.4) is 0 Å². The Balaban J connectivity index is 1.63. The van der Waals surface area contributed by atoms with Crippen molar-refractivity contribution in [2.45, 2.75) is 109 Å². The van der Waals surface area contributed by atoms with Gasteiger partial charge in [0.05, 0.1) is 0 Å². The van der Waals surface area contributed by atoms with Gasteiger partial charge in [-0.2, -0.15) is 0 Å². The largest absolute Gasteiger partial charge is 0.311 e.